The molecule has 1 aromatic rings. The lowest BCUT2D eigenvalue weighted by Gasteiger charge is -2.29. The quantitative estimate of drug-likeness (QED) is 0.790. The topological polar surface area (TPSA) is 29.3 Å². The number of benzene rings is 1. The van der Waals surface area contributed by atoms with Gasteiger partial charge in [-0.3, -0.25) is 0 Å². The summed E-state index contributed by atoms with van der Waals surface area (Å²) in [5, 5.41) is 0. The minimum absolute atomic E-state index is 0.610. The van der Waals surface area contributed by atoms with Gasteiger partial charge in [0.25, 0.3) is 0 Å². The fourth-order valence-electron chi connectivity index (χ4n) is 2.46. The Morgan fingerprint density at radius 1 is 1.12 bits per heavy atom. The zero-order chi connectivity index (χ0) is 11.4. The van der Waals surface area contributed by atoms with Gasteiger partial charge in [0.15, 0.2) is 0 Å². The van der Waals surface area contributed by atoms with Crippen molar-refractivity contribution >= 4 is 5.69 Å². The molecule has 2 rings (SSSR count). The summed E-state index contributed by atoms with van der Waals surface area (Å²) in [5.74, 6) is 0.610. The van der Waals surface area contributed by atoms with Crippen LogP contribution in [-0.4, -0.2) is 24.5 Å². The third-order valence-electron chi connectivity index (χ3n) is 3.49. The van der Waals surface area contributed by atoms with Crippen LogP contribution < -0.4 is 5.73 Å². The predicted octanol–water partition coefficient (Wildman–Crippen LogP) is 2.86. The van der Waals surface area contributed by atoms with Crippen molar-refractivity contribution in [3.05, 3.63) is 29.8 Å². The van der Waals surface area contributed by atoms with Crippen LogP contribution in [0.2, 0.25) is 0 Å². The Balaban J connectivity index is 1.91. The molecule has 1 atom stereocenters. The monoisotopic (exact) mass is 218 g/mol. The fourth-order valence-corrected chi connectivity index (χ4v) is 2.46. The molecule has 2 heteroatoms. The van der Waals surface area contributed by atoms with Crippen LogP contribution in [0.5, 0.6) is 0 Å². The van der Waals surface area contributed by atoms with E-state index in [0.29, 0.717) is 5.92 Å². The van der Waals surface area contributed by atoms with Gasteiger partial charge in [-0.25, -0.2) is 0 Å². The van der Waals surface area contributed by atoms with Gasteiger partial charge in [0.1, 0.15) is 0 Å². The Kier molecular flexibility index (Phi) is 3.83. The number of nitrogen functional groups attached to an aromatic ring is 1. The zero-order valence-electron chi connectivity index (χ0n) is 10.2. The van der Waals surface area contributed by atoms with E-state index in [2.05, 4.69) is 24.0 Å². The van der Waals surface area contributed by atoms with Crippen molar-refractivity contribution in [3.8, 4) is 0 Å². The van der Waals surface area contributed by atoms with E-state index in [1.165, 1.54) is 44.5 Å². The summed E-state index contributed by atoms with van der Waals surface area (Å²) < 4.78 is 0. The van der Waals surface area contributed by atoms with Crippen molar-refractivity contribution < 1.29 is 0 Å². The molecule has 16 heavy (non-hydrogen) atoms. The van der Waals surface area contributed by atoms with Gasteiger partial charge in [0.05, 0.1) is 0 Å². The SMILES string of the molecule is CC(CN1CCCCC1)c1ccc(N)cc1. The smallest absolute Gasteiger partial charge is 0.0314 e. The zero-order valence-corrected chi connectivity index (χ0v) is 10.2. The molecule has 0 radical (unpaired) electrons. The van der Waals surface area contributed by atoms with E-state index < -0.39 is 0 Å². The Morgan fingerprint density at radius 3 is 2.38 bits per heavy atom. The summed E-state index contributed by atoms with van der Waals surface area (Å²) in [6.07, 6.45) is 4.15. The summed E-state index contributed by atoms with van der Waals surface area (Å²) in [6, 6.07) is 8.32. The molecule has 1 aliphatic rings. The van der Waals surface area contributed by atoms with Crippen molar-refractivity contribution in [3.63, 3.8) is 0 Å². The highest BCUT2D eigenvalue weighted by Gasteiger charge is 2.14. The van der Waals surface area contributed by atoms with Gasteiger partial charge in [0.2, 0.25) is 0 Å². The molecule has 0 saturated carbocycles. The van der Waals surface area contributed by atoms with Crippen LogP contribution in [0.15, 0.2) is 24.3 Å². The van der Waals surface area contributed by atoms with Gasteiger partial charge < -0.3 is 10.6 Å². The molecule has 88 valence electrons. The van der Waals surface area contributed by atoms with Crippen molar-refractivity contribution in [2.45, 2.75) is 32.1 Å². The molecular weight excluding hydrogens is 196 g/mol. The van der Waals surface area contributed by atoms with Gasteiger partial charge in [-0.05, 0) is 49.5 Å². The largest absolute Gasteiger partial charge is 0.399 e. The standard InChI is InChI=1S/C14H22N2/c1-12(11-16-9-3-2-4-10-16)13-5-7-14(15)8-6-13/h5-8,12H,2-4,9-11,15H2,1H3. The molecular formula is C14H22N2. The van der Waals surface area contributed by atoms with Crippen LogP contribution in [0, 0.1) is 0 Å². The maximum Gasteiger partial charge on any atom is 0.0314 e. The first kappa shape index (κ1) is 11.5. The Labute approximate surface area is 98.4 Å². The van der Waals surface area contributed by atoms with Gasteiger partial charge in [-0.1, -0.05) is 25.5 Å². The lowest BCUT2D eigenvalue weighted by molar-refractivity contribution is 0.219. The van der Waals surface area contributed by atoms with E-state index in [9.17, 15) is 0 Å². The molecule has 2 nitrogen and oxygen atoms in total. The molecule has 1 heterocycles. The summed E-state index contributed by atoms with van der Waals surface area (Å²) in [4.78, 5) is 2.59. The predicted molar refractivity (Wildman–Crippen MR) is 69.6 cm³/mol. The van der Waals surface area contributed by atoms with Gasteiger partial charge in [0, 0.05) is 12.2 Å². The third kappa shape index (κ3) is 2.99. The van der Waals surface area contributed by atoms with Gasteiger partial charge in [-0.15, -0.1) is 0 Å². The second kappa shape index (κ2) is 5.35. The first-order chi connectivity index (χ1) is 7.75. The van der Waals surface area contributed by atoms with E-state index in [4.69, 9.17) is 5.73 Å². The van der Waals surface area contributed by atoms with Crippen molar-refractivity contribution in [1.29, 1.82) is 0 Å². The summed E-state index contributed by atoms with van der Waals surface area (Å²) in [7, 11) is 0. The van der Waals surface area contributed by atoms with E-state index in [1.54, 1.807) is 0 Å². The maximum atomic E-state index is 5.70. The van der Waals surface area contributed by atoms with Gasteiger partial charge >= 0.3 is 0 Å². The average molecular weight is 218 g/mol. The van der Waals surface area contributed by atoms with E-state index in [0.717, 1.165) is 5.69 Å². The number of anilines is 1. The lowest BCUT2D eigenvalue weighted by Crippen LogP contribution is -2.32. The highest BCUT2D eigenvalue weighted by atomic mass is 15.1. The Bertz CT molecular complexity index is 312. The van der Waals surface area contributed by atoms with Crippen LogP contribution >= 0.6 is 0 Å². The number of nitrogens with two attached hydrogens (primary N) is 1. The highest BCUT2D eigenvalue weighted by Crippen LogP contribution is 2.20. The minimum atomic E-state index is 0.610. The second-order valence-corrected chi connectivity index (χ2v) is 4.93. The van der Waals surface area contributed by atoms with E-state index in [-0.39, 0.29) is 0 Å². The fraction of sp³-hybridized carbons (Fsp3) is 0.571. The van der Waals surface area contributed by atoms with Crippen LogP contribution in [0.25, 0.3) is 0 Å². The molecule has 1 unspecified atom stereocenters. The third-order valence-corrected chi connectivity index (χ3v) is 3.49. The molecule has 1 saturated heterocycles. The number of rotatable bonds is 3. The number of piperidine rings is 1. The molecule has 1 fully saturated rings. The van der Waals surface area contributed by atoms with Crippen LogP contribution in [0.3, 0.4) is 0 Å². The number of nitrogens with zero attached hydrogens (tertiary/aromatic N) is 1. The molecule has 0 aromatic heterocycles. The second-order valence-electron chi connectivity index (χ2n) is 4.93. The van der Waals surface area contributed by atoms with Crippen LogP contribution in [0.4, 0.5) is 5.69 Å². The lowest BCUT2D eigenvalue weighted by atomic mass is 9.99. The molecule has 2 N–H and O–H groups in total. The van der Waals surface area contributed by atoms with Gasteiger partial charge in [-0.2, -0.15) is 0 Å². The van der Waals surface area contributed by atoms with Crippen LogP contribution in [0.1, 0.15) is 37.7 Å². The molecule has 0 aliphatic carbocycles. The molecule has 0 spiro atoms. The first-order valence-electron chi connectivity index (χ1n) is 6.33. The van der Waals surface area contributed by atoms with Crippen molar-refractivity contribution in [2.75, 3.05) is 25.4 Å². The van der Waals surface area contributed by atoms with Crippen LogP contribution in [-0.2, 0) is 0 Å². The molecule has 0 amide bonds. The number of hydrogen-bond acceptors (Lipinski definition) is 2. The average Bonchev–Trinajstić information content (AvgIpc) is 2.31. The highest BCUT2D eigenvalue weighted by molar-refractivity contribution is 5.40. The maximum absolute atomic E-state index is 5.70. The summed E-state index contributed by atoms with van der Waals surface area (Å²) in [6.45, 7) is 6.04. The molecule has 0 bridgehead atoms. The van der Waals surface area contributed by atoms with Crippen molar-refractivity contribution in [2.24, 2.45) is 0 Å². The number of likely N-dealkylation sites (tertiary alicyclic amines) is 1. The molecule has 1 aromatic carbocycles. The Morgan fingerprint density at radius 2 is 1.75 bits per heavy atom. The summed E-state index contributed by atoms with van der Waals surface area (Å²) in [5.41, 5.74) is 7.96. The number of hydrogen-bond donors (Lipinski definition) is 1. The van der Waals surface area contributed by atoms with E-state index in [1.807, 2.05) is 12.1 Å². The summed E-state index contributed by atoms with van der Waals surface area (Å²) >= 11 is 0. The minimum Gasteiger partial charge on any atom is -0.399 e. The Hall–Kier alpha value is -1.02. The van der Waals surface area contributed by atoms with E-state index >= 15 is 0 Å². The normalized spacial score (nSPS) is 19.6. The molecule has 1 aliphatic heterocycles. The first-order valence-corrected chi connectivity index (χ1v) is 6.33. The van der Waals surface area contributed by atoms with Crippen molar-refractivity contribution in [1.82, 2.24) is 4.90 Å².